The van der Waals surface area contributed by atoms with E-state index in [9.17, 15) is 31.2 Å². The highest BCUT2D eigenvalue weighted by atomic mass is 35.5. The Labute approximate surface area is 289 Å². The summed E-state index contributed by atoms with van der Waals surface area (Å²) in [5.74, 6) is -1.17. The average molecular weight is 712 g/mol. The summed E-state index contributed by atoms with van der Waals surface area (Å²) in [7, 11) is -4.56. The molecule has 12 heteroatoms. The van der Waals surface area contributed by atoms with Gasteiger partial charge in [-0.2, -0.15) is 13.2 Å². The Kier molecular flexibility index (Phi) is 11.3. The number of halogens is 4. The molecule has 7 nitrogen and oxygen atoms in total. The Morgan fingerprint density at radius 1 is 0.878 bits per heavy atom. The molecule has 1 fully saturated rings. The van der Waals surface area contributed by atoms with Crippen LogP contribution in [0, 0.1) is 6.92 Å². The molecule has 1 aliphatic carbocycles. The number of benzene rings is 4. The van der Waals surface area contributed by atoms with Crippen LogP contribution in [0.2, 0.25) is 5.02 Å². The molecule has 5 rings (SSSR count). The zero-order chi connectivity index (χ0) is 35.2. The monoisotopic (exact) mass is 711 g/mol. The first-order chi connectivity index (χ1) is 23.3. The van der Waals surface area contributed by atoms with E-state index in [1.54, 1.807) is 43.3 Å². The lowest BCUT2D eigenvalue weighted by Crippen LogP contribution is -2.54. The van der Waals surface area contributed by atoms with Crippen LogP contribution in [0.4, 0.5) is 18.9 Å². The number of nitrogens with one attached hydrogen (secondary N) is 1. The summed E-state index contributed by atoms with van der Waals surface area (Å²) in [4.78, 5) is 29.8. The Hall–Kier alpha value is -4.35. The van der Waals surface area contributed by atoms with Gasteiger partial charge in [0.1, 0.15) is 12.6 Å². The molecule has 258 valence electrons. The van der Waals surface area contributed by atoms with Crippen molar-refractivity contribution < 1.29 is 31.2 Å². The van der Waals surface area contributed by atoms with Crippen LogP contribution in [-0.4, -0.2) is 43.8 Å². The molecule has 0 aliphatic heterocycles. The van der Waals surface area contributed by atoms with E-state index in [-0.39, 0.29) is 29.6 Å². The van der Waals surface area contributed by atoms with Gasteiger partial charge >= 0.3 is 6.18 Å². The molecule has 1 saturated carbocycles. The number of hydrogen-bond acceptors (Lipinski definition) is 4. The molecule has 0 radical (unpaired) electrons. The number of amides is 2. The van der Waals surface area contributed by atoms with Gasteiger partial charge in [-0.3, -0.25) is 13.9 Å². The zero-order valence-corrected chi connectivity index (χ0v) is 28.4. The van der Waals surface area contributed by atoms with Crippen molar-refractivity contribution in [3.05, 3.63) is 130 Å². The van der Waals surface area contributed by atoms with E-state index < -0.39 is 46.2 Å². The number of nitrogens with zero attached hydrogens (tertiary/aromatic N) is 2. The summed E-state index contributed by atoms with van der Waals surface area (Å²) in [5, 5.41) is 3.55. The van der Waals surface area contributed by atoms with E-state index in [0.29, 0.717) is 21.0 Å². The van der Waals surface area contributed by atoms with E-state index in [0.717, 1.165) is 48.9 Å². The maximum absolute atomic E-state index is 14.6. The van der Waals surface area contributed by atoms with Crippen LogP contribution in [-0.2, 0) is 38.8 Å². The lowest BCUT2D eigenvalue weighted by atomic mass is 10.0. The van der Waals surface area contributed by atoms with Crippen molar-refractivity contribution in [3.63, 3.8) is 0 Å². The number of alkyl halides is 3. The normalized spacial score (nSPS) is 14.3. The van der Waals surface area contributed by atoms with E-state index in [4.69, 9.17) is 11.6 Å². The van der Waals surface area contributed by atoms with Gasteiger partial charge < -0.3 is 10.2 Å². The van der Waals surface area contributed by atoms with Crippen molar-refractivity contribution in [2.75, 3.05) is 10.8 Å². The van der Waals surface area contributed by atoms with E-state index in [1.807, 2.05) is 30.3 Å². The Balaban J connectivity index is 1.59. The van der Waals surface area contributed by atoms with Gasteiger partial charge in [0.05, 0.1) is 16.1 Å². The third-order valence-corrected chi connectivity index (χ3v) is 10.6. The molecule has 1 aliphatic rings. The second kappa shape index (κ2) is 15.5. The summed E-state index contributed by atoms with van der Waals surface area (Å²) in [6.45, 7) is 0.808. The molecule has 4 aromatic rings. The van der Waals surface area contributed by atoms with Crippen LogP contribution in [0.1, 0.15) is 47.9 Å². The Morgan fingerprint density at radius 3 is 2.16 bits per heavy atom. The molecule has 0 spiro atoms. The molecule has 0 bridgehead atoms. The van der Waals surface area contributed by atoms with Gasteiger partial charge in [0.2, 0.25) is 11.8 Å². The minimum absolute atomic E-state index is 0.0678. The van der Waals surface area contributed by atoms with Crippen molar-refractivity contribution in [2.24, 2.45) is 0 Å². The van der Waals surface area contributed by atoms with Crippen LogP contribution in [0.3, 0.4) is 0 Å². The predicted molar refractivity (Wildman–Crippen MR) is 183 cm³/mol. The van der Waals surface area contributed by atoms with Crippen molar-refractivity contribution in [3.8, 4) is 0 Å². The first-order valence-corrected chi connectivity index (χ1v) is 17.8. The fourth-order valence-corrected chi connectivity index (χ4v) is 7.44. The second-order valence-corrected chi connectivity index (χ2v) is 14.5. The minimum atomic E-state index is -4.76. The van der Waals surface area contributed by atoms with Crippen molar-refractivity contribution >= 4 is 39.1 Å². The number of sulfonamides is 1. The third kappa shape index (κ3) is 9.21. The van der Waals surface area contributed by atoms with Crippen molar-refractivity contribution in [1.82, 2.24) is 10.2 Å². The van der Waals surface area contributed by atoms with Gasteiger partial charge in [-0.05, 0) is 73.4 Å². The second-order valence-electron chi connectivity index (χ2n) is 12.2. The average Bonchev–Trinajstić information content (AvgIpc) is 3.59. The van der Waals surface area contributed by atoms with Crippen LogP contribution < -0.4 is 9.62 Å². The van der Waals surface area contributed by atoms with Crippen molar-refractivity contribution in [2.45, 2.75) is 68.7 Å². The van der Waals surface area contributed by atoms with Crippen LogP contribution in [0.5, 0.6) is 0 Å². The molecule has 0 aromatic heterocycles. The van der Waals surface area contributed by atoms with Crippen LogP contribution in [0.25, 0.3) is 0 Å². The van der Waals surface area contributed by atoms with Gasteiger partial charge in [0.15, 0.2) is 0 Å². The van der Waals surface area contributed by atoms with Crippen LogP contribution in [0.15, 0.2) is 108 Å². The molecule has 4 aromatic carbocycles. The molecule has 1 atom stereocenters. The SMILES string of the molecule is Cc1ccc(S(=O)(=O)N(CC(=O)N(Cc2ccc(Cl)cc2)C(Cc2ccccc2)C(=O)NC2CCCC2)c2cccc(C(F)(F)F)c2)cc1. The number of carbonyl (C=O) groups excluding carboxylic acids is 2. The third-order valence-electron chi connectivity index (χ3n) is 8.59. The molecule has 1 N–H and O–H groups in total. The fraction of sp³-hybridized carbons (Fsp3) is 0.297. The molecular weight excluding hydrogens is 675 g/mol. The van der Waals surface area contributed by atoms with E-state index >= 15 is 0 Å². The standard InChI is InChI=1S/C37H37ClF3N3O4S/c1-26-14-20-33(21-15-26)49(47,48)44(32-13-7-10-29(23-32)37(39,40)41)25-35(45)43(24-28-16-18-30(38)19-17-28)34(22-27-8-3-2-4-9-27)36(46)42-31-11-5-6-12-31/h2-4,7-10,13-21,23,31,34H,5-6,11-12,22,24-25H2,1H3,(H,42,46). The first-order valence-electron chi connectivity index (χ1n) is 16.0. The quantitative estimate of drug-likeness (QED) is 0.164. The minimum Gasteiger partial charge on any atom is -0.352 e. The summed E-state index contributed by atoms with van der Waals surface area (Å²) in [5.41, 5.74) is 0.746. The number of carbonyl (C=O) groups is 2. The van der Waals surface area contributed by atoms with Crippen molar-refractivity contribution in [1.29, 1.82) is 0 Å². The molecule has 0 saturated heterocycles. The molecule has 0 heterocycles. The summed E-state index contributed by atoms with van der Waals surface area (Å²) in [6.07, 6.45) is -1.12. The summed E-state index contributed by atoms with van der Waals surface area (Å²) in [6, 6.07) is 24.3. The van der Waals surface area contributed by atoms with Gasteiger partial charge in [0.25, 0.3) is 10.0 Å². The highest BCUT2D eigenvalue weighted by Gasteiger charge is 2.37. The Morgan fingerprint density at radius 2 is 1.53 bits per heavy atom. The van der Waals surface area contributed by atoms with E-state index in [2.05, 4.69) is 5.32 Å². The predicted octanol–water partition coefficient (Wildman–Crippen LogP) is 7.56. The van der Waals surface area contributed by atoms with Gasteiger partial charge in [-0.1, -0.05) is 90.7 Å². The van der Waals surface area contributed by atoms with Gasteiger partial charge in [-0.25, -0.2) is 8.42 Å². The fourth-order valence-electron chi connectivity index (χ4n) is 5.91. The lowest BCUT2D eigenvalue weighted by Gasteiger charge is -2.34. The van der Waals surface area contributed by atoms with Gasteiger partial charge in [-0.15, -0.1) is 0 Å². The van der Waals surface area contributed by atoms with Crippen LogP contribution >= 0.6 is 11.6 Å². The topological polar surface area (TPSA) is 86.8 Å². The zero-order valence-electron chi connectivity index (χ0n) is 26.9. The number of hydrogen-bond donors (Lipinski definition) is 1. The summed E-state index contributed by atoms with van der Waals surface area (Å²) < 4.78 is 70.5. The highest BCUT2D eigenvalue weighted by molar-refractivity contribution is 7.92. The Bertz CT molecular complexity index is 1850. The van der Waals surface area contributed by atoms with Gasteiger partial charge in [0, 0.05) is 24.0 Å². The molecule has 2 amide bonds. The largest absolute Gasteiger partial charge is 0.416 e. The first kappa shape index (κ1) is 35.9. The molecular formula is C37H37ClF3N3O4S. The highest BCUT2D eigenvalue weighted by Crippen LogP contribution is 2.33. The van der Waals surface area contributed by atoms with E-state index in [1.165, 1.54) is 23.1 Å². The molecule has 1 unspecified atom stereocenters. The maximum atomic E-state index is 14.6. The number of anilines is 1. The summed E-state index contributed by atoms with van der Waals surface area (Å²) >= 11 is 6.13. The lowest BCUT2D eigenvalue weighted by molar-refractivity contribution is -0.140. The maximum Gasteiger partial charge on any atom is 0.416 e. The molecule has 49 heavy (non-hydrogen) atoms. The smallest absolute Gasteiger partial charge is 0.352 e. The number of aryl methyl sites for hydroxylation is 1. The number of rotatable bonds is 12.